The van der Waals surface area contributed by atoms with Gasteiger partial charge in [0, 0.05) is 59.5 Å². The third kappa shape index (κ3) is 4.64. The normalized spacial score (nSPS) is 27.0. The second kappa shape index (κ2) is 8.85. The van der Waals surface area contributed by atoms with Crippen molar-refractivity contribution in [3.63, 3.8) is 0 Å². The minimum atomic E-state index is -0.0119. The van der Waals surface area contributed by atoms with E-state index >= 15 is 0 Å². The molecule has 3 saturated heterocycles. The molecule has 0 spiro atoms. The van der Waals surface area contributed by atoms with Crippen molar-refractivity contribution in [2.24, 2.45) is 4.99 Å². The number of rotatable bonds is 4. The summed E-state index contributed by atoms with van der Waals surface area (Å²) in [6.45, 7) is 9.25. The summed E-state index contributed by atoms with van der Waals surface area (Å²) in [5.41, 5.74) is 0. The number of nitrogens with one attached hydrogen (secondary N) is 1. The van der Waals surface area contributed by atoms with Gasteiger partial charge in [0.1, 0.15) is 0 Å². The average molecular weight is 351 g/mol. The number of piperazine rings is 1. The zero-order chi connectivity index (χ0) is 17.6. The third-order valence-corrected chi connectivity index (χ3v) is 5.66. The summed E-state index contributed by atoms with van der Waals surface area (Å²) in [6.07, 6.45) is 4.91. The van der Waals surface area contributed by atoms with Crippen molar-refractivity contribution in [2.75, 3.05) is 59.5 Å². The fourth-order valence-corrected chi connectivity index (χ4v) is 4.02. The van der Waals surface area contributed by atoms with Gasteiger partial charge in [-0.2, -0.15) is 0 Å². The fourth-order valence-electron chi connectivity index (χ4n) is 4.02. The Morgan fingerprint density at radius 2 is 1.84 bits per heavy atom. The molecule has 7 nitrogen and oxygen atoms in total. The quantitative estimate of drug-likeness (QED) is 0.586. The van der Waals surface area contributed by atoms with E-state index in [9.17, 15) is 4.79 Å². The summed E-state index contributed by atoms with van der Waals surface area (Å²) in [4.78, 5) is 23.6. The highest BCUT2D eigenvalue weighted by molar-refractivity contribution is 5.82. The Balaban J connectivity index is 1.44. The predicted molar refractivity (Wildman–Crippen MR) is 98.8 cm³/mol. The van der Waals surface area contributed by atoms with E-state index in [1.54, 1.807) is 0 Å². The average Bonchev–Trinajstić information content (AvgIpc) is 3.35. The van der Waals surface area contributed by atoms with Crippen LogP contribution >= 0.6 is 0 Å². The molecule has 2 atom stereocenters. The van der Waals surface area contributed by atoms with Gasteiger partial charge in [0.15, 0.2) is 5.96 Å². The molecule has 0 aliphatic carbocycles. The van der Waals surface area contributed by atoms with Gasteiger partial charge in [-0.3, -0.25) is 14.7 Å². The van der Waals surface area contributed by atoms with Crippen LogP contribution in [0.25, 0.3) is 0 Å². The number of likely N-dealkylation sites (tertiary alicyclic amines) is 1. The molecule has 3 heterocycles. The van der Waals surface area contributed by atoms with Crippen LogP contribution in [0, 0.1) is 0 Å². The first-order valence-corrected chi connectivity index (χ1v) is 9.79. The molecule has 2 unspecified atom stereocenters. The lowest BCUT2D eigenvalue weighted by Gasteiger charge is -2.39. The van der Waals surface area contributed by atoms with E-state index in [1.807, 2.05) is 11.9 Å². The summed E-state index contributed by atoms with van der Waals surface area (Å²) in [5, 5.41) is 3.45. The highest BCUT2D eigenvalue weighted by atomic mass is 16.5. The number of aliphatic imine (C=N–C) groups is 1. The van der Waals surface area contributed by atoms with Crippen molar-refractivity contribution in [3.05, 3.63) is 0 Å². The Morgan fingerprint density at radius 3 is 2.44 bits per heavy atom. The molecule has 25 heavy (non-hydrogen) atoms. The number of carbonyl (C=O) groups excluding carboxylic acids is 1. The maximum absolute atomic E-state index is 12.6. The van der Waals surface area contributed by atoms with Crippen LogP contribution in [-0.4, -0.2) is 98.2 Å². The fraction of sp³-hybridized carbons (Fsp3) is 0.889. The lowest BCUT2D eigenvalue weighted by atomic mass is 10.2. The molecule has 3 fully saturated rings. The maximum Gasteiger partial charge on any atom is 0.239 e. The van der Waals surface area contributed by atoms with Gasteiger partial charge >= 0.3 is 0 Å². The predicted octanol–water partition coefficient (Wildman–Crippen LogP) is 0.369. The Morgan fingerprint density at radius 1 is 1.12 bits per heavy atom. The van der Waals surface area contributed by atoms with E-state index in [4.69, 9.17) is 4.74 Å². The molecule has 3 aliphatic rings. The number of amides is 1. The van der Waals surface area contributed by atoms with Crippen LogP contribution in [0.1, 0.15) is 32.6 Å². The SMILES string of the molecule is CN=C(NCC1CCCO1)N1CCN(C(C)C(=O)N2CCCC2)CC1. The highest BCUT2D eigenvalue weighted by Gasteiger charge is 2.30. The summed E-state index contributed by atoms with van der Waals surface area (Å²) in [6, 6.07) is -0.0119. The van der Waals surface area contributed by atoms with Gasteiger partial charge in [-0.05, 0) is 32.6 Å². The molecule has 0 saturated carbocycles. The van der Waals surface area contributed by atoms with Gasteiger partial charge in [0.25, 0.3) is 0 Å². The lowest BCUT2D eigenvalue weighted by molar-refractivity contribution is -0.135. The smallest absolute Gasteiger partial charge is 0.239 e. The number of nitrogens with zero attached hydrogens (tertiary/aromatic N) is 4. The Labute approximate surface area is 151 Å². The molecule has 3 aliphatic heterocycles. The number of carbonyl (C=O) groups is 1. The standard InChI is InChI=1S/C18H33N5O2/c1-15(17(24)22-7-3-4-8-22)21-9-11-23(12-10-21)18(19-2)20-14-16-6-5-13-25-16/h15-16H,3-14H2,1-2H3,(H,19,20). The summed E-state index contributed by atoms with van der Waals surface area (Å²) in [5.74, 6) is 1.25. The first-order chi connectivity index (χ1) is 12.2. The Hall–Kier alpha value is -1.34. The number of ether oxygens (including phenoxy) is 1. The first kappa shape index (κ1) is 18.5. The summed E-state index contributed by atoms with van der Waals surface area (Å²) in [7, 11) is 1.84. The maximum atomic E-state index is 12.6. The number of hydrogen-bond donors (Lipinski definition) is 1. The van der Waals surface area contributed by atoms with Crippen molar-refractivity contribution in [2.45, 2.75) is 44.8 Å². The third-order valence-electron chi connectivity index (χ3n) is 5.66. The molecule has 3 rings (SSSR count). The molecule has 0 aromatic carbocycles. The van der Waals surface area contributed by atoms with Crippen molar-refractivity contribution < 1.29 is 9.53 Å². The Bertz CT molecular complexity index is 464. The minimum absolute atomic E-state index is 0.0119. The number of hydrogen-bond acceptors (Lipinski definition) is 4. The van der Waals surface area contributed by atoms with Crippen LogP contribution in [0.4, 0.5) is 0 Å². The van der Waals surface area contributed by atoms with Crippen molar-refractivity contribution >= 4 is 11.9 Å². The molecule has 1 N–H and O–H groups in total. The number of guanidine groups is 1. The van der Waals surface area contributed by atoms with E-state index in [1.165, 1.54) is 0 Å². The summed E-state index contributed by atoms with van der Waals surface area (Å²) < 4.78 is 5.67. The molecule has 0 radical (unpaired) electrons. The zero-order valence-electron chi connectivity index (χ0n) is 15.7. The highest BCUT2D eigenvalue weighted by Crippen LogP contribution is 2.14. The minimum Gasteiger partial charge on any atom is -0.376 e. The van der Waals surface area contributed by atoms with E-state index in [-0.39, 0.29) is 6.04 Å². The van der Waals surface area contributed by atoms with Gasteiger partial charge in [-0.25, -0.2) is 0 Å². The van der Waals surface area contributed by atoms with Gasteiger partial charge in [0.05, 0.1) is 12.1 Å². The zero-order valence-corrected chi connectivity index (χ0v) is 15.7. The molecule has 0 bridgehead atoms. The second-order valence-corrected chi connectivity index (χ2v) is 7.29. The van der Waals surface area contributed by atoms with Crippen LogP contribution in [0.5, 0.6) is 0 Å². The van der Waals surface area contributed by atoms with Crippen molar-refractivity contribution in [3.8, 4) is 0 Å². The van der Waals surface area contributed by atoms with Crippen molar-refractivity contribution in [1.29, 1.82) is 0 Å². The summed E-state index contributed by atoms with van der Waals surface area (Å²) >= 11 is 0. The van der Waals surface area contributed by atoms with Gasteiger partial charge in [-0.15, -0.1) is 0 Å². The van der Waals surface area contributed by atoms with Crippen LogP contribution in [0.2, 0.25) is 0 Å². The van der Waals surface area contributed by atoms with Gasteiger partial charge in [0.2, 0.25) is 5.91 Å². The van der Waals surface area contributed by atoms with Crippen LogP contribution in [-0.2, 0) is 9.53 Å². The molecular weight excluding hydrogens is 318 g/mol. The van der Waals surface area contributed by atoms with Crippen LogP contribution in [0.3, 0.4) is 0 Å². The molecular formula is C18H33N5O2. The monoisotopic (exact) mass is 351 g/mol. The molecule has 1 amide bonds. The molecule has 0 aromatic rings. The van der Waals surface area contributed by atoms with E-state index < -0.39 is 0 Å². The lowest BCUT2D eigenvalue weighted by Crippen LogP contribution is -2.57. The molecule has 0 aromatic heterocycles. The molecule has 7 heteroatoms. The first-order valence-electron chi connectivity index (χ1n) is 9.79. The Kier molecular flexibility index (Phi) is 6.53. The van der Waals surface area contributed by atoms with E-state index in [2.05, 4.69) is 27.0 Å². The van der Waals surface area contributed by atoms with Crippen molar-refractivity contribution in [1.82, 2.24) is 20.0 Å². The van der Waals surface area contributed by atoms with Gasteiger partial charge in [-0.1, -0.05) is 0 Å². The topological polar surface area (TPSA) is 60.4 Å². The van der Waals surface area contributed by atoms with Gasteiger partial charge < -0.3 is 19.9 Å². The molecule has 142 valence electrons. The largest absolute Gasteiger partial charge is 0.376 e. The van der Waals surface area contributed by atoms with Crippen LogP contribution in [0.15, 0.2) is 4.99 Å². The second-order valence-electron chi connectivity index (χ2n) is 7.29. The van der Waals surface area contributed by atoms with E-state index in [0.717, 1.165) is 84.1 Å². The van der Waals surface area contributed by atoms with E-state index in [0.29, 0.717) is 12.0 Å². The van der Waals surface area contributed by atoms with Crippen LogP contribution < -0.4 is 5.32 Å².